The molecule has 0 aliphatic carbocycles. The summed E-state index contributed by atoms with van der Waals surface area (Å²) in [7, 11) is 0. The molecule has 1 N–H and O–H groups in total. The Bertz CT molecular complexity index is 408. The minimum atomic E-state index is -0.416. The number of halogens is 1. The fourth-order valence-electron chi connectivity index (χ4n) is 1.11. The Kier molecular flexibility index (Phi) is 6.60. The number of rotatable bonds is 6. The second kappa shape index (κ2) is 8.00. The predicted molar refractivity (Wildman–Crippen MR) is 71.8 cm³/mol. The minimum absolute atomic E-state index is 0.168. The van der Waals surface area contributed by atoms with Gasteiger partial charge in [0.15, 0.2) is 6.61 Å². The molecule has 6 heteroatoms. The fourth-order valence-corrected chi connectivity index (χ4v) is 1.93. The van der Waals surface area contributed by atoms with Crippen LogP contribution in [0.1, 0.15) is 6.92 Å². The molecule has 0 aromatic heterocycles. The van der Waals surface area contributed by atoms with Crippen molar-refractivity contribution in [2.75, 3.05) is 18.9 Å². The van der Waals surface area contributed by atoms with Crippen LogP contribution in [0.3, 0.4) is 0 Å². The molecule has 0 radical (unpaired) electrons. The Morgan fingerprint density at radius 1 is 1.33 bits per heavy atom. The zero-order valence-electron chi connectivity index (χ0n) is 9.94. The van der Waals surface area contributed by atoms with Gasteiger partial charge in [0, 0.05) is 16.5 Å². The summed E-state index contributed by atoms with van der Waals surface area (Å²) in [6, 6.07) is 7.15. The lowest BCUT2D eigenvalue weighted by Gasteiger charge is -2.04. The molecular formula is C12H14ClNO3S. The standard InChI is InChI=1S/C12H14ClNO3S/c1-2-14-11(15)7-17-12(16)8-18-10-5-3-9(13)4-6-10/h3-6H,2,7-8H2,1H3,(H,14,15). The number of esters is 1. The molecule has 0 saturated heterocycles. The van der Waals surface area contributed by atoms with E-state index in [1.165, 1.54) is 11.8 Å². The van der Waals surface area contributed by atoms with Gasteiger partial charge in [-0.1, -0.05) is 11.6 Å². The van der Waals surface area contributed by atoms with Gasteiger partial charge in [-0.3, -0.25) is 9.59 Å². The Balaban J connectivity index is 2.24. The Hall–Kier alpha value is -1.20. The van der Waals surface area contributed by atoms with Crippen molar-refractivity contribution in [1.29, 1.82) is 0 Å². The third-order valence-electron chi connectivity index (χ3n) is 1.91. The number of ether oxygens (including phenoxy) is 1. The summed E-state index contributed by atoms with van der Waals surface area (Å²) >= 11 is 7.08. The van der Waals surface area contributed by atoms with Crippen molar-refractivity contribution in [2.45, 2.75) is 11.8 Å². The van der Waals surface area contributed by atoms with Gasteiger partial charge in [0.1, 0.15) is 0 Å². The van der Waals surface area contributed by atoms with E-state index in [4.69, 9.17) is 16.3 Å². The number of nitrogens with one attached hydrogen (secondary N) is 1. The summed E-state index contributed by atoms with van der Waals surface area (Å²) in [6.45, 7) is 2.10. The van der Waals surface area contributed by atoms with Gasteiger partial charge in [0.25, 0.3) is 5.91 Å². The van der Waals surface area contributed by atoms with Crippen molar-refractivity contribution in [1.82, 2.24) is 5.32 Å². The lowest BCUT2D eigenvalue weighted by Crippen LogP contribution is -2.28. The second-order valence-electron chi connectivity index (χ2n) is 3.36. The van der Waals surface area contributed by atoms with Crippen LogP contribution in [-0.4, -0.2) is 30.8 Å². The van der Waals surface area contributed by atoms with Crippen LogP contribution in [0.5, 0.6) is 0 Å². The molecule has 0 atom stereocenters. The maximum atomic E-state index is 11.3. The predicted octanol–water partition coefficient (Wildman–Crippen LogP) is 2.11. The highest BCUT2D eigenvalue weighted by Crippen LogP contribution is 2.20. The number of carbonyl (C=O) groups is 2. The van der Waals surface area contributed by atoms with Crippen LogP contribution < -0.4 is 5.32 Å². The van der Waals surface area contributed by atoms with Crippen LogP contribution in [0, 0.1) is 0 Å². The summed E-state index contributed by atoms with van der Waals surface area (Å²) in [5.74, 6) is -0.537. The summed E-state index contributed by atoms with van der Waals surface area (Å²) in [6.07, 6.45) is 0. The van der Waals surface area contributed by atoms with Gasteiger partial charge in [-0.2, -0.15) is 0 Å². The largest absolute Gasteiger partial charge is 0.455 e. The summed E-state index contributed by atoms with van der Waals surface area (Å²) < 4.78 is 4.80. The molecule has 0 spiro atoms. The van der Waals surface area contributed by atoms with Gasteiger partial charge in [-0.05, 0) is 31.2 Å². The van der Waals surface area contributed by atoms with Crippen LogP contribution in [0.15, 0.2) is 29.2 Å². The van der Waals surface area contributed by atoms with Crippen LogP contribution in [0.25, 0.3) is 0 Å². The Morgan fingerprint density at radius 3 is 2.61 bits per heavy atom. The van der Waals surface area contributed by atoms with E-state index < -0.39 is 5.97 Å². The van der Waals surface area contributed by atoms with E-state index in [0.29, 0.717) is 11.6 Å². The van der Waals surface area contributed by atoms with E-state index in [0.717, 1.165) is 4.90 Å². The van der Waals surface area contributed by atoms with Crippen LogP contribution in [0.4, 0.5) is 0 Å². The molecule has 1 rings (SSSR count). The van der Waals surface area contributed by atoms with Gasteiger partial charge >= 0.3 is 5.97 Å². The molecule has 0 aliphatic rings. The SMILES string of the molecule is CCNC(=O)COC(=O)CSc1ccc(Cl)cc1. The first kappa shape index (κ1) is 14.9. The van der Waals surface area contributed by atoms with Crippen LogP contribution in [0.2, 0.25) is 5.02 Å². The quantitative estimate of drug-likeness (QED) is 0.643. The summed E-state index contributed by atoms with van der Waals surface area (Å²) in [5.41, 5.74) is 0. The van der Waals surface area contributed by atoms with Gasteiger partial charge in [0.2, 0.25) is 0 Å². The lowest BCUT2D eigenvalue weighted by molar-refractivity contribution is -0.145. The molecule has 1 amide bonds. The van der Waals surface area contributed by atoms with Crippen molar-refractivity contribution in [3.05, 3.63) is 29.3 Å². The second-order valence-corrected chi connectivity index (χ2v) is 4.84. The summed E-state index contributed by atoms with van der Waals surface area (Å²) in [4.78, 5) is 23.3. The molecule has 0 bridgehead atoms. The van der Waals surface area contributed by atoms with Crippen molar-refractivity contribution in [3.8, 4) is 0 Å². The minimum Gasteiger partial charge on any atom is -0.455 e. The number of thioether (sulfide) groups is 1. The Morgan fingerprint density at radius 2 is 2.00 bits per heavy atom. The first-order valence-electron chi connectivity index (χ1n) is 5.42. The van der Waals surface area contributed by atoms with Crippen LogP contribution >= 0.6 is 23.4 Å². The number of likely N-dealkylation sites (N-methyl/N-ethyl adjacent to an activating group) is 1. The first-order chi connectivity index (χ1) is 8.61. The molecule has 98 valence electrons. The zero-order valence-corrected chi connectivity index (χ0v) is 11.5. The maximum Gasteiger partial charge on any atom is 0.316 e. The molecular weight excluding hydrogens is 274 g/mol. The Labute approximate surface area is 115 Å². The average molecular weight is 288 g/mol. The molecule has 0 aliphatic heterocycles. The number of carbonyl (C=O) groups excluding carboxylic acids is 2. The fraction of sp³-hybridized carbons (Fsp3) is 0.333. The molecule has 0 heterocycles. The van der Waals surface area contributed by atoms with Gasteiger partial charge in [0.05, 0.1) is 5.75 Å². The van der Waals surface area contributed by atoms with Crippen molar-refractivity contribution >= 4 is 35.2 Å². The van der Waals surface area contributed by atoms with E-state index in [1.807, 2.05) is 12.1 Å². The topological polar surface area (TPSA) is 55.4 Å². The van der Waals surface area contributed by atoms with Gasteiger partial charge in [-0.25, -0.2) is 0 Å². The van der Waals surface area contributed by atoms with Crippen molar-refractivity contribution < 1.29 is 14.3 Å². The third kappa shape index (κ3) is 5.93. The number of hydrogen-bond donors (Lipinski definition) is 1. The summed E-state index contributed by atoms with van der Waals surface area (Å²) in [5, 5.41) is 3.19. The third-order valence-corrected chi connectivity index (χ3v) is 3.15. The molecule has 1 aromatic rings. The zero-order chi connectivity index (χ0) is 13.4. The normalized spacial score (nSPS) is 9.89. The smallest absolute Gasteiger partial charge is 0.316 e. The van der Waals surface area contributed by atoms with E-state index in [1.54, 1.807) is 19.1 Å². The number of benzene rings is 1. The van der Waals surface area contributed by atoms with Crippen LogP contribution in [-0.2, 0) is 14.3 Å². The lowest BCUT2D eigenvalue weighted by atomic mass is 10.4. The highest BCUT2D eigenvalue weighted by Gasteiger charge is 2.07. The number of amides is 1. The highest BCUT2D eigenvalue weighted by atomic mass is 35.5. The van der Waals surface area contributed by atoms with E-state index >= 15 is 0 Å². The highest BCUT2D eigenvalue weighted by molar-refractivity contribution is 8.00. The van der Waals surface area contributed by atoms with Gasteiger partial charge < -0.3 is 10.1 Å². The molecule has 0 unspecified atom stereocenters. The van der Waals surface area contributed by atoms with E-state index in [2.05, 4.69) is 5.32 Å². The number of hydrogen-bond acceptors (Lipinski definition) is 4. The molecule has 4 nitrogen and oxygen atoms in total. The molecule has 18 heavy (non-hydrogen) atoms. The monoisotopic (exact) mass is 287 g/mol. The first-order valence-corrected chi connectivity index (χ1v) is 6.79. The van der Waals surface area contributed by atoms with Gasteiger partial charge in [-0.15, -0.1) is 11.8 Å². The van der Waals surface area contributed by atoms with E-state index in [-0.39, 0.29) is 18.3 Å². The molecule has 0 saturated carbocycles. The molecule has 0 fully saturated rings. The average Bonchev–Trinajstić information content (AvgIpc) is 2.36. The molecule has 1 aromatic carbocycles. The maximum absolute atomic E-state index is 11.3. The van der Waals surface area contributed by atoms with E-state index in [9.17, 15) is 9.59 Å². The van der Waals surface area contributed by atoms with Crippen molar-refractivity contribution in [3.63, 3.8) is 0 Å². The van der Waals surface area contributed by atoms with Crippen molar-refractivity contribution in [2.24, 2.45) is 0 Å².